The van der Waals surface area contributed by atoms with Crippen LogP contribution in [0.1, 0.15) is 18.5 Å². The van der Waals surface area contributed by atoms with Gasteiger partial charge >= 0.3 is 0 Å². The fraction of sp³-hybridized carbons (Fsp3) is 0.188. The van der Waals surface area contributed by atoms with Crippen LogP contribution in [0.15, 0.2) is 57.5 Å². The largest absolute Gasteiger partial charge is 0.375 e. The van der Waals surface area contributed by atoms with Crippen LogP contribution < -0.4 is 10.6 Å². The van der Waals surface area contributed by atoms with Crippen LogP contribution in [0, 0.1) is 0 Å². The number of para-hydroxylation sites is 1. The molecule has 0 aromatic heterocycles. The van der Waals surface area contributed by atoms with Crippen LogP contribution in [0.5, 0.6) is 0 Å². The van der Waals surface area contributed by atoms with E-state index in [1.165, 1.54) is 0 Å². The summed E-state index contributed by atoms with van der Waals surface area (Å²) in [5.74, 6) is -0.0406. The lowest BCUT2D eigenvalue weighted by Gasteiger charge is -2.15. The quantitative estimate of drug-likeness (QED) is 0.760. The van der Waals surface area contributed by atoms with Gasteiger partial charge in [-0.15, -0.1) is 0 Å². The van der Waals surface area contributed by atoms with E-state index < -0.39 is 0 Å². The summed E-state index contributed by atoms with van der Waals surface area (Å²) in [5, 5.41) is 6.09. The van der Waals surface area contributed by atoms with E-state index in [9.17, 15) is 4.79 Å². The van der Waals surface area contributed by atoms with E-state index in [0.717, 1.165) is 20.2 Å². The number of halogens is 2. The number of anilines is 1. The van der Waals surface area contributed by atoms with Gasteiger partial charge in [-0.05, 0) is 52.7 Å². The van der Waals surface area contributed by atoms with E-state index in [1.54, 1.807) is 0 Å². The molecular formula is C16H16Br2N2O. The summed E-state index contributed by atoms with van der Waals surface area (Å²) in [6.07, 6.45) is 0. The van der Waals surface area contributed by atoms with Gasteiger partial charge in [0.15, 0.2) is 0 Å². The van der Waals surface area contributed by atoms with Crippen LogP contribution >= 0.6 is 31.9 Å². The molecule has 1 atom stereocenters. The van der Waals surface area contributed by atoms with Gasteiger partial charge in [0.1, 0.15) is 0 Å². The zero-order chi connectivity index (χ0) is 15.2. The van der Waals surface area contributed by atoms with Crippen LogP contribution in [0.25, 0.3) is 0 Å². The molecule has 0 heterocycles. The normalized spacial score (nSPS) is 11.8. The third-order valence-corrected chi connectivity index (χ3v) is 4.28. The van der Waals surface area contributed by atoms with Gasteiger partial charge in [0.05, 0.1) is 12.6 Å². The molecule has 0 saturated heterocycles. The van der Waals surface area contributed by atoms with Crippen molar-refractivity contribution in [1.29, 1.82) is 0 Å². The van der Waals surface area contributed by atoms with Crippen molar-refractivity contribution in [2.45, 2.75) is 13.0 Å². The molecule has 0 radical (unpaired) electrons. The zero-order valence-electron chi connectivity index (χ0n) is 11.6. The molecule has 0 aliphatic rings. The molecule has 2 rings (SSSR count). The maximum atomic E-state index is 12.0. The van der Waals surface area contributed by atoms with Gasteiger partial charge in [-0.3, -0.25) is 4.79 Å². The van der Waals surface area contributed by atoms with Crippen molar-refractivity contribution in [3.8, 4) is 0 Å². The topological polar surface area (TPSA) is 41.1 Å². The first-order chi connectivity index (χ1) is 10.1. The Bertz CT molecular complexity index is 614. The Morgan fingerprint density at radius 2 is 1.76 bits per heavy atom. The fourth-order valence-corrected chi connectivity index (χ4v) is 2.60. The van der Waals surface area contributed by atoms with E-state index in [-0.39, 0.29) is 18.5 Å². The van der Waals surface area contributed by atoms with Crippen LogP contribution in [0.3, 0.4) is 0 Å². The first kappa shape index (κ1) is 16.0. The smallest absolute Gasteiger partial charge is 0.239 e. The van der Waals surface area contributed by atoms with Crippen molar-refractivity contribution >= 4 is 43.5 Å². The molecule has 1 amide bonds. The summed E-state index contributed by atoms with van der Waals surface area (Å²) in [6, 6.07) is 15.6. The molecule has 21 heavy (non-hydrogen) atoms. The highest BCUT2D eigenvalue weighted by Crippen LogP contribution is 2.21. The minimum Gasteiger partial charge on any atom is -0.375 e. The van der Waals surface area contributed by atoms with Gasteiger partial charge in [0.2, 0.25) is 5.91 Å². The first-order valence-corrected chi connectivity index (χ1v) is 8.18. The number of hydrogen-bond donors (Lipinski definition) is 2. The average Bonchev–Trinajstić information content (AvgIpc) is 2.47. The number of nitrogens with one attached hydrogen (secondary N) is 2. The molecule has 2 aromatic rings. The SMILES string of the molecule is CC(NC(=O)CNc1ccccc1Br)c1ccc(Br)cc1. The number of carbonyl (C=O) groups is 1. The van der Waals surface area contributed by atoms with E-state index in [1.807, 2.05) is 55.5 Å². The summed E-state index contributed by atoms with van der Waals surface area (Å²) in [5.41, 5.74) is 1.98. The number of benzene rings is 2. The molecule has 110 valence electrons. The lowest BCUT2D eigenvalue weighted by Crippen LogP contribution is -2.32. The molecule has 0 aliphatic heterocycles. The van der Waals surface area contributed by atoms with E-state index in [2.05, 4.69) is 42.5 Å². The number of rotatable bonds is 5. The molecule has 2 aromatic carbocycles. The van der Waals surface area contributed by atoms with Crippen LogP contribution in [0.4, 0.5) is 5.69 Å². The summed E-state index contributed by atoms with van der Waals surface area (Å²) in [6.45, 7) is 2.21. The molecule has 0 fully saturated rings. The first-order valence-electron chi connectivity index (χ1n) is 6.59. The maximum absolute atomic E-state index is 12.0. The zero-order valence-corrected chi connectivity index (χ0v) is 14.7. The minimum atomic E-state index is -0.0406. The van der Waals surface area contributed by atoms with Crippen LogP contribution in [-0.4, -0.2) is 12.5 Å². The molecule has 0 saturated carbocycles. The molecular weight excluding hydrogens is 396 g/mol. The van der Waals surface area contributed by atoms with Crippen molar-refractivity contribution < 1.29 is 4.79 Å². The Hall–Kier alpha value is -1.33. The summed E-state index contributed by atoms with van der Waals surface area (Å²) in [4.78, 5) is 12.0. The molecule has 5 heteroatoms. The molecule has 0 spiro atoms. The van der Waals surface area contributed by atoms with Crippen molar-refractivity contribution in [3.63, 3.8) is 0 Å². The van der Waals surface area contributed by atoms with Crippen LogP contribution in [0.2, 0.25) is 0 Å². The maximum Gasteiger partial charge on any atom is 0.239 e. The van der Waals surface area contributed by atoms with E-state index in [0.29, 0.717) is 0 Å². The highest BCUT2D eigenvalue weighted by atomic mass is 79.9. The highest BCUT2D eigenvalue weighted by molar-refractivity contribution is 9.10. The Balaban J connectivity index is 1.87. The van der Waals surface area contributed by atoms with E-state index in [4.69, 9.17) is 0 Å². The van der Waals surface area contributed by atoms with Crippen molar-refractivity contribution in [2.24, 2.45) is 0 Å². The second-order valence-electron chi connectivity index (χ2n) is 4.67. The average molecular weight is 412 g/mol. The highest BCUT2D eigenvalue weighted by Gasteiger charge is 2.09. The van der Waals surface area contributed by atoms with Gasteiger partial charge in [-0.25, -0.2) is 0 Å². The van der Waals surface area contributed by atoms with Crippen molar-refractivity contribution in [3.05, 3.63) is 63.0 Å². The third-order valence-electron chi connectivity index (χ3n) is 3.06. The molecule has 3 nitrogen and oxygen atoms in total. The summed E-state index contributed by atoms with van der Waals surface area (Å²) < 4.78 is 1.97. The van der Waals surface area contributed by atoms with Crippen LogP contribution in [-0.2, 0) is 4.79 Å². The Morgan fingerprint density at radius 3 is 2.43 bits per heavy atom. The minimum absolute atomic E-state index is 0.0217. The van der Waals surface area contributed by atoms with Gasteiger partial charge < -0.3 is 10.6 Å². The third kappa shape index (κ3) is 4.86. The van der Waals surface area contributed by atoms with Crippen molar-refractivity contribution in [2.75, 3.05) is 11.9 Å². The number of carbonyl (C=O) groups excluding carboxylic acids is 1. The fourth-order valence-electron chi connectivity index (χ4n) is 1.91. The Kier molecular flexibility index (Phi) is 5.82. The monoisotopic (exact) mass is 410 g/mol. The molecule has 2 N–H and O–H groups in total. The second kappa shape index (κ2) is 7.61. The summed E-state index contributed by atoms with van der Waals surface area (Å²) >= 11 is 6.84. The lowest BCUT2D eigenvalue weighted by molar-refractivity contribution is -0.120. The van der Waals surface area contributed by atoms with Gasteiger partial charge in [-0.2, -0.15) is 0 Å². The van der Waals surface area contributed by atoms with Gasteiger partial charge in [0, 0.05) is 14.6 Å². The lowest BCUT2D eigenvalue weighted by atomic mass is 10.1. The van der Waals surface area contributed by atoms with Gasteiger partial charge in [-0.1, -0.05) is 40.2 Å². The Labute approximate surface area is 141 Å². The standard InChI is InChI=1S/C16H16Br2N2O/c1-11(12-6-8-13(17)9-7-12)20-16(21)10-19-15-5-3-2-4-14(15)18/h2-9,11,19H,10H2,1H3,(H,20,21). The Morgan fingerprint density at radius 1 is 1.10 bits per heavy atom. The van der Waals surface area contributed by atoms with Crippen molar-refractivity contribution in [1.82, 2.24) is 5.32 Å². The molecule has 0 bridgehead atoms. The second-order valence-corrected chi connectivity index (χ2v) is 6.44. The summed E-state index contributed by atoms with van der Waals surface area (Å²) in [7, 11) is 0. The van der Waals surface area contributed by atoms with E-state index >= 15 is 0 Å². The van der Waals surface area contributed by atoms with Gasteiger partial charge in [0.25, 0.3) is 0 Å². The number of hydrogen-bond acceptors (Lipinski definition) is 2. The predicted molar refractivity (Wildman–Crippen MR) is 93.3 cm³/mol. The predicted octanol–water partition coefficient (Wildman–Crippen LogP) is 4.50. The number of amides is 1. The molecule has 0 aliphatic carbocycles. The molecule has 1 unspecified atom stereocenters.